The average molecular weight is 173 g/mol. The van der Waals surface area contributed by atoms with Crippen molar-refractivity contribution in [2.45, 2.75) is 38.5 Å². The van der Waals surface area contributed by atoms with E-state index in [-0.39, 0.29) is 12.1 Å². The molecule has 1 fully saturated rings. The van der Waals surface area contributed by atoms with Crippen molar-refractivity contribution in [1.82, 2.24) is 4.90 Å². The van der Waals surface area contributed by atoms with Crippen molar-refractivity contribution in [3.63, 3.8) is 0 Å². The summed E-state index contributed by atoms with van der Waals surface area (Å²) in [6.07, 6.45) is 0.627. The molecule has 0 amide bonds. The van der Waals surface area contributed by atoms with Crippen molar-refractivity contribution in [3.05, 3.63) is 0 Å². The van der Waals surface area contributed by atoms with Crippen LogP contribution in [0, 0.1) is 0 Å². The summed E-state index contributed by atoms with van der Waals surface area (Å²) >= 11 is 0. The van der Waals surface area contributed by atoms with Crippen molar-refractivity contribution in [2.75, 3.05) is 20.3 Å². The molecule has 0 radical (unpaired) electrons. The number of aliphatic hydroxyl groups is 1. The van der Waals surface area contributed by atoms with E-state index in [1.54, 1.807) is 0 Å². The van der Waals surface area contributed by atoms with Gasteiger partial charge in [-0.2, -0.15) is 0 Å². The minimum atomic E-state index is -0.314. The molecule has 1 aliphatic heterocycles. The van der Waals surface area contributed by atoms with Crippen molar-refractivity contribution in [1.29, 1.82) is 0 Å². The van der Waals surface area contributed by atoms with Crippen LogP contribution >= 0.6 is 0 Å². The van der Waals surface area contributed by atoms with Gasteiger partial charge in [0, 0.05) is 18.7 Å². The Morgan fingerprint density at radius 2 is 2.17 bits per heavy atom. The third-order valence-corrected chi connectivity index (χ3v) is 2.63. The Bertz CT molecular complexity index is 138. The molecule has 0 aromatic rings. The summed E-state index contributed by atoms with van der Waals surface area (Å²) in [7, 11) is 2.06. The maximum Gasteiger partial charge on any atom is 0.0929 e. The van der Waals surface area contributed by atoms with Gasteiger partial charge < -0.3 is 9.84 Å². The Morgan fingerprint density at radius 1 is 1.50 bits per heavy atom. The summed E-state index contributed by atoms with van der Waals surface area (Å²) in [6, 6.07) is 0.765. The smallest absolute Gasteiger partial charge is 0.0929 e. The quantitative estimate of drug-likeness (QED) is 0.659. The van der Waals surface area contributed by atoms with Gasteiger partial charge in [-0.05, 0) is 27.3 Å². The Kier molecular flexibility index (Phi) is 3.50. The lowest BCUT2D eigenvalue weighted by atomic mass is 10.0. The molecular formula is C9H19NO2. The lowest BCUT2D eigenvalue weighted by molar-refractivity contribution is -0.0648. The van der Waals surface area contributed by atoms with Gasteiger partial charge in [0.1, 0.15) is 0 Å². The number of hydrogen-bond acceptors (Lipinski definition) is 3. The van der Waals surface area contributed by atoms with Gasteiger partial charge in [-0.1, -0.05) is 0 Å². The number of likely N-dealkylation sites (N-methyl/N-ethyl adjacent to an activating group) is 1. The average Bonchev–Trinajstić information content (AvgIpc) is 2.04. The van der Waals surface area contributed by atoms with Crippen molar-refractivity contribution < 1.29 is 9.84 Å². The van der Waals surface area contributed by atoms with E-state index in [1.807, 2.05) is 0 Å². The summed E-state index contributed by atoms with van der Waals surface area (Å²) in [5.41, 5.74) is 0. The van der Waals surface area contributed by atoms with E-state index in [2.05, 4.69) is 25.8 Å². The molecule has 1 aliphatic rings. The number of rotatable bonds is 2. The molecule has 3 heteroatoms. The third-order valence-electron chi connectivity index (χ3n) is 2.63. The molecule has 1 heterocycles. The zero-order valence-corrected chi connectivity index (χ0v) is 8.16. The van der Waals surface area contributed by atoms with Gasteiger partial charge in [-0.15, -0.1) is 0 Å². The molecule has 0 saturated carbocycles. The molecule has 1 saturated heterocycles. The molecule has 0 aliphatic carbocycles. The molecule has 0 spiro atoms. The first-order valence-corrected chi connectivity index (χ1v) is 4.60. The third kappa shape index (κ3) is 2.19. The number of aliphatic hydroxyl groups excluding tert-OH is 1. The van der Waals surface area contributed by atoms with Gasteiger partial charge in [0.05, 0.1) is 12.7 Å². The van der Waals surface area contributed by atoms with E-state index in [0.717, 1.165) is 13.0 Å². The maximum absolute atomic E-state index is 9.62. The lowest BCUT2D eigenvalue weighted by Gasteiger charge is -2.37. The molecule has 3 nitrogen and oxygen atoms in total. The predicted octanol–water partition coefficient (Wildman–Crippen LogP) is 0.476. The normalized spacial score (nSPS) is 31.5. The summed E-state index contributed by atoms with van der Waals surface area (Å²) in [4.78, 5) is 2.22. The standard InChI is InChI=1S/C9H19NO2/c1-7(2)10(3)8-4-5-12-6-9(8)11/h7-9,11H,4-6H2,1-3H3. The second-order valence-electron chi connectivity index (χ2n) is 3.76. The van der Waals surface area contributed by atoms with Crippen LogP contribution in [0.5, 0.6) is 0 Å². The Morgan fingerprint density at radius 3 is 2.67 bits per heavy atom. The Hall–Kier alpha value is -0.120. The van der Waals surface area contributed by atoms with E-state index in [9.17, 15) is 5.11 Å². The molecule has 2 unspecified atom stereocenters. The lowest BCUT2D eigenvalue weighted by Crippen LogP contribution is -2.49. The van der Waals surface area contributed by atoms with Crippen LogP contribution in [0.3, 0.4) is 0 Å². The largest absolute Gasteiger partial charge is 0.389 e. The first-order valence-electron chi connectivity index (χ1n) is 4.60. The summed E-state index contributed by atoms with van der Waals surface area (Å²) < 4.78 is 5.17. The van der Waals surface area contributed by atoms with Crippen LogP contribution in [0.1, 0.15) is 20.3 Å². The van der Waals surface area contributed by atoms with E-state index in [1.165, 1.54) is 0 Å². The van der Waals surface area contributed by atoms with Crippen molar-refractivity contribution in [2.24, 2.45) is 0 Å². The highest BCUT2D eigenvalue weighted by molar-refractivity contribution is 4.81. The number of hydrogen-bond donors (Lipinski definition) is 1. The highest BCUT2D eigenvalue weighted by Crippen LogP contribution is 2.15. The van der Waals surface area contributed by atoms with Crippen LogP contribution in [0.25, 0.3) is 0 Å². The zero-order chi connectivity index (χ0) is 9.14. The molecule has 1 rings (SSSR count). The highest BCUT2D eigenvalue weighted by atomic mass is 16.5. The topological polar surface area (TPSA) is 32.7 Å². The van der Waals surface area contributed by atoms with Crippen LogP contribution in [-0.2, 0) is 4.74 Å². The van der Waals surface area contributed by atoms with Crippen LogP contribution < -0.4 is 0 Å². The van der Waals surface area contributed by atoms with Crippen molar-refractivity contribution >= 4 is 0 Å². The molecule has 0 aromatic heterocycles. The minimum Gasteiger partial charge on any atom is -0.389 e. The predicted molar refractivity (Wildman–Crippen MR) is 48.1 cm³/mol. The molecule has 12 heavy (non-hydrogen) atoms. The van der Waals surface area contributed by atoms with Crippen LogP contribution in [-0.4, -0.2) is 48.5 Å². The maximum atomic E-state index is 9.62. The number of nitrogens with zero attached hydrogens (tertiary/aromatic N) is 1. The summed E-state index contributed by atoms with van der Waals surface area (Å²) in [5, 5.41) is 9.62. The van der Waals surface area contributed by atoms with Gasteiger partial charge in [0.2, 0.25) is 0 Å². The Balaban J connectivity index is 2.47. The summed E-state index contributed by atoms with van der Waals surface area (Å²) in [5.74, 6) is 0. The van der Waals surface area contributed by atoms with E-state index in [0.29, 0.717) is 12.6 Å². The van der Waals surface area contributed by atoms with Gasteiger partial charge >= 0.3 is 0 Å². The fourth-order valence-corrected chi connectivity index (χ4v) is 1.57. The molecule has 2 atom stereocenters. The van der Waals surface area contributed by atoms with Crippen molar-refractivity contribution in [3.8, 4) is 0 Å². The molecule has 0 bridgehead atoms. The van der Waals surface area contributed by atoms with Gasteiger partial charge in [0.15, 0.2) is 0 Å². The second-order valence-corrected chi connectivity index (χ2v) is 3.76. The minimum absolute atomic E-state index is 0.277. The molecule has 0 aromatic carbocycles. The fraction of sp³-hybridized carbons (Fsp3) is 1.00. The van der Waals surface area contributed by atoms with E-state index in [4.69, 9.17) is 4.74 Å². The summed E-state index contributed by atoms with van der Waals surface area (Å²) in [6.45, 7) is 5.55. The van der Waals surface area contributed by atoms with Gasteiger partial charge in [-0.25, -0.2) is 0 Å². The van der Waals surface area contributed by atoms with E-state index < -0.39 is 0 Å². The fourth-order valence-electron chi connectivity index (χ4n) is 1.57. The first-order chi connectivity index (χ1) is 5.63. The second kappa shape index (κ2) is 4.21. The molecule has 72 valence electrons. The first kappa shape index (κ1) is 9.96. The SMILES string of the molecule is CC(C)N(C)C1CCOCC1O. The van der Waals surface area contributed by atoms with E-state index >= 15 is 0 Å². The van der Waals surface area contributed by atoms with Crippen LogP contribution in [0.2, 0.25) is 0 Å². The molecular weight excluding hydrogens is 154 g/mol. The van der Waals surface area contributed by atoms with Crippen LogP contribution in [0.15, 0.2) is 0 Å². The monoisotopic (exact) mass is 173 g/mol. The Labute approximate surface area is 74.3 Å². The zero-order valence-electron chi connectivity index (χ0n) is 8.16. The highest BCUT2D eigenvalue weighted by Gasteiger charge is 2.28. The van der Waals surface area contributed by atoms with Crippen LogP contribution in [0.4, 0.5) is 0 Å². The number of ether oxygens (including phenoxy) is 1. The molecule has 1 N–H and O–H groups in total. The van der Waals surface area contributed by atoms with Gasteiger partial charge in [-0.3, -0.25) is 4.90 Å². The van der Waals surface area contributed by atoms with Gasteiger partial charge in [0.25, 0.3) is 0 Å².